The third kappa shape index (κ3) is 4.26. The van der Waals surface area contributed by atoms with E-state index in [4.69, 9.17) is 16.3 Å². The standard InChI is InChI=1S/C21H16ClF3N4O4S/c1-3-34(31,32)17-8-13(12-6-15(22)9-16(7-12)33-2)10-26-19(17)29-20(30)28-11-14(21(23,24)25)4-5-18(28)27-29/h4-11H,3H2,1-2H3. The van der Waals surface area contributed by atoms with E-state index in [-0.39, 0.29) is 22.1 Å². The van der Waals surface area contributed by atoms with E-state index < -0.39 is 27.3 Å². The van der Waals surface area contributed by atoms with Crippen molar-refractivity contribution in [2.24, 2.45) is 0 Å². The van der Waals surface area contributed by atoms with Gasteiger partial charge in [-0.05, 0) is 42.0 Å². The molecule has 34 heavy (non-hydrogen) atoms. The Kier molecular flexibility index (Phi) is 5.90. The number of sulfone groups is 1. The Morgan fingerprint density at radius 1 is 1.12 bits per heavy atom. The number of pyridine rings is 2. The Morgan fingerprint density at radius 2 is 1.85 bits per heavy atom. The number of alkyl halides is 3. The number of nitrogens with zero attached hydrogens (tertiary/aromatic N) is 4. The van der Waals surface area contributed by atoms with Crippen LogP contribution in [0.3, 0.4) is 0 Å². The number of hydrogen-bond donors (Lipinski definition) is 0. The van der Waals surface area contributed by atoms with E-state index in [2.05, 4.69) is 10.1 Å². The highest BCUT2D eigenvalue weighted by atomic mass is 35.5. The van der Waals surface area contributed by atoms with Gasteiger partial charge in [-0.2, -0.15) is 17.9 Å². The summed E-state index contributed by atoms with van der Waals surface area (Å²) in [6, 6.07) is 7.88. The molecule has 0 unspecified atom stereocenters. The summed E-state index contributed by atoms with van der Waals surface area (Å²) in [5.74, 6) is -0.213. The molecule has 0 saturated heterocycles. The van der Waals surface area contributed by atoms with Gasteiger partial charge in [0, 0.05) is 23.0 Å². The van der Waals surface area contributed by atoms with E-state index in [0.717, 1.165) is 12.1 Å². The summed E-state index contributed by atoms with van der Waals surface area (Å²) >= 11 is 6.12. The van der Waals surface area contributed by atoms with E-state index in [0.29, 0.717) is 37.2 Å². The summed E-state index contributed by atoms with van der Waals surface area (Å²) in [5, 5.41) is 4.33. The summed E-state index contributed by atoms with van der Waals surface area (Å²) in [6.07, 6.45) is -2.77. The van der Waals surface area contributed by atoms with Crippen LogP contribution in [0.5, 0.6) is 5.75 Å². The van der Waals surface area contributed by atoms with E-state index in [1.54, 1.807) is 18.2 Å². The zero-order chi connectivity index (χ0) is 24.8. The SMILES string of the molecule is CCS(=O)(=O)c1cc(-c2cc(Cl)cc(OC)c2)cnc1-n1nc2ccc(C(F)(F)F)cn2c1=O. The molecule has 13 heteroatoms. The van der Waals surface area contributed by atoms with Crippen molar-refractivity contribution >= 4 is 27.1 Å². The first-order valence-corrected chi connectivity index (χ1v) is 11.7. The maximum Gasteiger partial charge on any atom is 0.417 e. The van der Waals surface area contributed by atoms with Crippen molar-refractivity contribution in [3.8, 4) is 22.7 Å². The monoisotopic (exact) mass is 512 g/mol. The number of rotatable bonds is 5. The molecule has 3 aromatic heterocycles. The average molecular weight is 513 g/mol. The maximum absolute atomic E-state index is 13.1. The van der Waals surface area contributed by atoms with Crippen molar-refractivity contribution in [3.05, 3.63) is 69.9 Å². The minimum atomic E-state index is -4.68. The molecular weight excluding hydrogens is 497 g/mol. The van der Waals surface area contributed by atoms with Gasteiger partial charge in [0.05, 0.1) is 18.4 Å². The Balaban J connectivity index is 1.96. The van der Waals surface area contributed by atoms with E-state index in [1.165, 1.54) is 26.3 Å². The fourth-order valence-corrected chi connectivity index (χ4v) is 4.53. The van der Waals surface area contributed by atoms with Gasteiger partial charge < -0.3 is 4.74 Å². The normalized spacial score (nSPS) is 12.3. The Hall–Kier alpha value is -3.38. The van der Waals surface area contributed by atoms with Crippen molar-refractivity contribution in [3.63, 3.8) is 0 Å². The average Bonchev–Trinajstić information content (AvgIpc) is 3.13. The molecule has 0 radical (unpaired) electrons. The number of ether oxygens (including phenoxy) is 1. The molecule has 4 rings (SSSR count). The molecule has 0 amide bonds. The molecule has 4 aromatic rings. The molecule has 178 valence electrons. The van der Waals surface area contributed by atoms with Gasteiger partial charge in [-0.25, -0.2) is 22.6 Å². The first-order chi connectivity index (χ1) is 15.9. The Morgan fingerprint density at radius 3 is 2.50 bits per heavy atom. The van der Waals surface area contributed by atoms with Crippen LogP contribution in [-0.4, -0.2) is 40.4 Å². The minimum absolute atomic E-state index is 0.108. The predicted octanol–water partition coefficient (Wildman–Crippen LogP) is 4.02. The molecule has 0 aliphatic carbocycles. The first-order valence-electron chi connectivity index (χ1n) is 9.71. The van der Waals surface area contributed by atoms with Gasteiger partial charge in [-0.3, -0.25) is 0 Å². The molecule has 0 bridgehead atoms. The maximum atomic E-state index is 13.1. The van der Waals surface area contributed by atoms with Gasteiger partial charge in [-0.1, -0.05) is 18.5 Å². The third-order valence-electron chi connectivity index (χ3n) is 5.03. The lowest BCUT2D eigenvalue weighted by Gasteiger charge is -2.11. The molecule has 8 nitrogen and oxygen atoms in total. The van der Waals surface area contributed by atoms with Gasteiger partial charge in [0.2, 0.25) is 0 Å². The molecule has 0 saturated carbocycles. The lowest BCUT2D eigenvalue weighted by Crippen LogP contribution is -2.23. The fourth-order valence-electron chi connectivity index (χ4n) is 3.27. The van der Waals surface area contributed by atoms with Crippen LogP contribution in [0.15, 0.2) is 58.5 Å². The number of methoxy groups -OCH3 is 1. The van der Waals surface area contributed by atoms with Gasteiger partial charge in [0.25, 0.3) is 0 Å². The third-order valence-corrected chi connectivity index (χ3v) is 6.98. The lowest BCUT2D eigenvalue weighted by atomic mass is 10.1. The molecule has 0 fully saturated rings. The highest BCUT2D eigenvalue weighted by Crippen LogP contribution is 2.32. The van der Waals surface area contributed by atoms with Crippen molar-refractivity contribution in [1.29, 1.82) is 0 Å². The molecule has 3 heterocycles. The highest BCUT2D eigenvalue weighted by Gasteiger charge is 2.31. The van der Waals surface area contributed by atoms with Crippen molar-refractivity contribution in [1.82, 2.24) is 19.2 Å². The van der Waals surface area contributed by atoms with Crippen LogP contribution in [0.2, 0.25) is 5.02 Å². The summed E-state index contributed by atoms with van der Waals surface area (Å²) in [7, 11) is -2.49. The van der Waals surface area contributed by atoms with E-state index in [1.807, 2.05) is 0 Å². The van der Waals surface area contributed by atoms with Crippen LogP contribution in [0, 0.1) is 0 Å². The van der Waals surface area contributed by atoms with E-state index >= 15 is 0 Å². The van der Waals surface area contributed by atoms with Crippen LogP contribution in [0.4, 0.5) is 13.2 Å². The van der Waals surface area contributed by atoms with Crippen molar-refractivity contribution in [2.45, 2.75) is 18.0 Å². The molecule has 0 aliphatic rings. The minimum Gasteiger partial charge on any atom is -0.497 e. The topological polar surface area (TPSA) is 95.6 Å². The molecular formula is C21H16ClF3N4O4S. The number of fused-ring (bicyclic) bond motifs is 1. The van der Waals surface area contributed by atoms with Crippen LogP contribution in [-0.2, 0) is 16.0 Å². The summed E-state index contributed by atoms with van der Waals surface area (Å²) in [5.41, 5.74) is -1.29. The number of aromatic nitrogens is 4. The van der Waals surface area contributed by atoms with Crippen molar-refractivity contribution < 1.29 is 26.3 Å². The van der Waals surface area contributed by atoms with Gasteiger partial charge >= 0.3 is 11.9 Å². The largest absolute Gasteiger partial charge is 0.497 e. The second-order valence-electron chi connectivity index (χ2n) is 7.17. The summed E-state index contributed by atoms with van der Waals surface area (Å²) in [6.45, 7) is 1.41. The predicted molar refractivity (Wildman–Crippen MR) is 118 cm³/mol. The number of benzene rings is 1. The molecule has 0 spiro atoms. The number of halogens is 4. The quantitative estimate of drug-likeness (QED) is 0.401. The zero-order valence-corrected chi connectivity index (χ0v) is 19.2. The van der Waals surface area contributed by atoms with Crippen LogP contribution in [0.25, 0.3) is 22.6 Å². The summed E-state index contributed by atoms with van der Waals surface area (Å²) < 4.78 is 71.6. The molecule has 0 aliphatic heterocycles. The van der Waals surface area contributed by atoms with E-state index in [9.17, 15) is 26.4 Å². The summed E-state index contributed by atoms with van der Waals surface area (Å²) in [4.78, 5) is 16.7. The second-order valence-corrected chi connectivity index (χ2v) is 9.85. The van der Waals surface area contributed by atoms with Crippen molar-refractivity contribution in [2.75, 3.05) is 12.9 Å². The molecule has 1 aromatic carbocycles. The van der Waals surface area contributed by atoms with Gasteiger partial charge in [-0.15, -0.1) is 5.10 Å². The highest BCUT2D eigenvalue weighted by molar-refractivity contribution is 7.91. The first kappa shape index (κ1) is 23.8. The Labute approximate surface area is 196 Å². The lowest BCUT2D eigenvalue weighted by molar-refractivity contribution is -0.137. The van der Waals surface area contributed by atoms with Gasteiger partial charge in [0.15, 0.2) is 21.3 Å². The van der Waals surface area contributed by atoms with Crippen LogP contribution >= 0.6 is 11.6 Å². The van der Waals surface area contributed by atoms with Crippen LogP contribution < -0.4 is 10.4 Å². The number of hydrogen-bond acceptors (Lipinski definition) is 6. The Bertz CT molecular complexity index is 1580. The van der Waals surface area contributed by atoms with Crippen LogP contribution in [0.1, 0.15) is 12.5 Å². The second kappa shape index (κ2) is 8.44. The molecule has 0 N–H and O–H groups in total. The molecule has 0 atom stereocenters. The smallest absolute Gasteiger partial charge is 0.417 e. The zero-order valence-electron chi connectivity index (χ0n) is 17.7. The van der Waals surface area contributed by atoms with Gasteiger partial charge in [0.1, 0.15) is 10.6 Å². The fraction of sp³-hybridized carbons (Fsp3) is 0.190.